The van der Waals surface area contributed by atoms with E-state index in [0.29, 0.717) is 22.8 Å². The first-order valence-electron chi connectivity index (χ1n) is 8.94. The summed E-state index contributed by atoms with van der Waals surface area (Å²) in [4.78, 5) is 41.3. The summed E-state index contributed by atoms with van der Waals surface area (Å²) in [5.41, 5.74) is 2.94. The van der Waals surface area contributed by atoms with Gasteiger partial charge in [-0.15, -0.1) is 0 Å². The second kappa shape index (κ2) is 6.56. The zero-order valence-corrected chi connectivity index (χ0v) is 15.3. The van der Waals surface area contributed by atoms with Crippen molar-refractivity contribution in [3.05, 3.63) is 94.7 Å². The summed E-state index contributed by atoms with van der Waals surface area (Å²) < 4.78 is 0. The molecule has 5 rings (SSSR count). The lowest BCUT2D eigenvalue weighted by molar-refractivity contribution is -0.135. The van der Waals surface area contributed by atoms with Crippen LogP contribution in [0.5, 0.6) is 0 Å². The Labute approximate surface area is 169 Å². The van der Waals surface area contributed by atoms with E-state index in [1.54, 1.807) is 36.5 Å². The van der Waals surface area contributed by atoms with Crippen LogP contribution in [0, 0.1) is 0 Å². The van der Waals surface area contributed by atoms with Crippen LogP contribution in [-0.4, -0.2) is 45.0 Å². The van der Waals surface area contributed by atoms with Gasteiger partial charge in [-0.3, -0.25) is 0 Å². The van der Waals surface area contributed by atoms with E-state index in [4.69, 9.17) is 0 Å². The predicted octanol–water partition coefficient (Wildman–Crippen LogP) is 2.49. The Morgan fingerprint density at radius 3 is 1.53 bits per heavy atom. The SMILES string of the molecule is O=C(O)C1=C(C(=O)O)C2=NC1=CC1=NC(=CC3=NC(=CC4=NC(=C2)C=C4)C=C3)C=C1. The molecule has 0 saturated carbocycles. The van der Waals surface area contributed by atoms with Crippen molar-refractivity contribution in [2.75, 3.05) is 0 Å². The Kier molecular flexibility index (Phi) is 3.85. The zero-order valence-electron chi connectivity index (χ0n) is 15.3. The molecule has 0 aliphatic carbocycles. The number of hydrogen-bond acceptors (Lipinski definition) is 6. The summed E-state index contributed by atoms with van der Waals surface area (Å²) in [5.74, 6) is -2.75. The van der Waals surface area contributed by atoms with Crippen molar-refractivity contribution < 1.29 is 19.8 Å². The van der Waals surface area contributed by atoms with Gasteiger partial charge in [0, 0.05) is 0 Å². The maximum Gasteiger partial charge on any atom is 0.338 e. The molecule has 5 aliphatic rings. The fourth-order valence-electron chi connectivity index (χ4n) is 3.39. The molecular weight excluding hydrogens is 384 g/mol. The number of carboxylic acid groups (broad SMARTS) is 2. The van der Waals surface area contributed by atoms with E-state index in [1.165, 1.54) is 12.2 Å². The van der Waals surface area contributed by atoms with Crippen LogP contribution in [0.25, 0.3) is 0 Å². The van der Waals surface area contributed by atoms with E-state index in [0.717, 1.165) is 11.4 Å². The first-order valence-corrected chi connectivity index (χ1v) is 8.94. The smallest absolute Gasteiger partial charge is 0.338 e. The minimum atomic E-state index is -1.38. The number of nitrogens with zero attached hydrogens (tertiary/aromatic N) is 4. The van der Waals surface area contributed by atoms with E-state index >= 15 is 0 Å². The Morgan fingerprint density at radius 1 is 0.567 bits per heavy atom. The van der Waals surface area contributed by atoms with Crippen LogP contribution in [0.3, 0.4) is 0 Å². The molecule has 0 aromatic carbocycles. The topological polar surface area (TPSA) is 124 Å². The number of carboxylic acids is 2. The zero-order chi connectivity index (χ0) is 20.8. The average Bonchev–Trinajstić information content (AvgIpc) is 3.44. The van der Waals surface area contributed by atoms with Gasteiger partial charge in [-0.1, -0.05) is 0 Å². The Morgan fingerprint density at radius 2 is 1.03 bits per heavy atom. The van der Waals surface area contributed by atoms with Crippen molar-refractivity contribution in [3.63, 3.8) is 0 Å². The number of allylic oxidation sites excluding steroid dienone is 10. The molecule has 0 unspecified atom stereocenters. The molecule has 0 radical (unpaired) electrons. The molecule has 0 fully saturated rings. The molecule has 8 heteroatoms. The van der Waals surface area contributed by atoms with Crippen LogP contribution in [0.4, 0.5) is 0 Å². The largest absolute Gasteiger partial charge is 0.478 e. The van der Waals surface area contributed by atoms with Gasteiger partial charge in [-0.25, -0.2) is 29.6 Å². The molecule has 30 heavy (non-hydrogen) atoms. The first kappa shape index (κ1) is 17.6. The summed E-state index contributed by atoms with van der Waals surface area (Å²) in [7, 11) is 0. The normalized spacial score (nSPS) is 20.9. The van der Waals surface area contributed by atoms with Crippen LogP contribution in [-0.2, 0) is 9.59 Å². The third kappa shape index (κ3) is 3.06. The average molecular weight is 396 g/mol. The maximum atomic E-state index is 11.8. The Balaban J connectivity index is 1.74. The molecule has 8 nitrogen and oxygen atoms in total. The second-order valence-corrected chi connectivity index (χ2v) is 6.70. The Hall–Kier alpha value is -4.46. The van der Waals surface area contributed by atoms with Crippen molar-refractivity contribution in [1.29, 1.82) is 0 Å². The monoisotopic (exact) mass is 396 g/mol. The minimum absolute atomic E-state index is 0.0231. The highest BCUT2D eigenvalue weighted by molar-refractivity contribution is 6.31. The van der Waals surface area contributed by atoms with Gasteiger partial charge in [0.15, 0.2) is 0 Å². The molecular formula is C22H12N4O4. The van der Waals surface area contributed by atoms with E-state index in [9.17, 15) is 19.8 Å². The lowest BCUT2D eigenvalue weighted by atomic mass is 10.0. The highest BCUT2D eigenvalue weighted by Crippen LogP contribution is 2.29. The van der Waals surface area contributed by atoms with Crippen molar-refractivity contribution in [2.24, 2.45) is 20.0 Å². The third-order valence-electron chi connectivity index (χ3n) is 4.64. The number of rotatable bonds is 2. The number of hydrogen-bond donors (Lipinski definition) is 2. The van der Waals surface area contributed by atoms with E-state index in [2.05, 4.69) is 20.0 Å². The molecule has 0 saturated heterocycles. The molecule has 0 aromatic rings. The number of fused-ring (bicyclic) bond motifs is 4. The van der Waals surface area contributed by atoms with Gasteiger partial charge in [0.05, 0.1) is 45.6 Å². The summed E-state index contributed by atoms with van der Waals surface area (Å²) in [6, 6.07) is 0. The van der Waals surface area contributed by atoms with E-state index < -0.39 is 11.9 Å². The standard InChI is InChI=1S/C22H12N4O4/c27-21(28)19-17-9-15-5-3-13(24-15)7-11-1-2-12(23-11)8-14-4-6-16(25-14)10-18(26-17)20(19)22(29)30/h1-10H,(H,27,28)(H,29,30). The molecule has 0 amide bonds. The lowest BCUT2D eigenvalue weighted by Gasteiger charge is -2.00. The molecule has 0 atom stereocenters. The van der Waals surface area contributed by atoms with Crippen LogP contribution in [0.1, 0.15) is 0 Å². The summed E-state index contributed by atoms with van der Waals surface area (Å²) in [5, 5.41) is 19.3. The van der Waals surface area contributed by atoms with Crippen molar-refractivity contribution in [2.45, 2.75) is 0 Å². The molecule has 5 aliphatic heterocycles. The van der Waals surface area contributed by atoms with Crippen molar-refractivity contribution in [3.8, 4) is 0 Å². The highest BCUT2D eigenvalue weighted by atomic mass is 16.4. The van der Waals surface area contributed by atoms with Gasteiger partial charge < -0.3 is 10.2 Å². The van der Waals surface area contributed by atoms with Crippen LogP contribution >= 0.6 is 0 Å². The minimum Gasteiger partial charge on any atom is -0.478 e. The molecule has 2 N–H and O–H groups in total. The fraction of sp³-hybridized carbons (Fsp3) is 0. The summed E-state index contributed by atoms with van der Waals surface area (Å²) in [6.07, 6.45) is 17.2. The van der Waals surface area contributed by atoms with E-state index in [-0.39, 0.29) is 22.6 Å². The number of aliphatic imine (C=N–C) groups is 4. The molecule has 8 bridgehead atoms. The Bertz CT molecular complexity index is 1320. The van der Waals surface area contributed by atoms with E-state index in [1.807, 2.05) is 12.2 Å². The fourth-order valence-corrected chi connectivity index (χ4v) is 3.39. The van der Waals surface area contributed by atoms with Crippen LogP contribution in [0.15, 0.2) is 115 Å². The predicted molar refractivity (Wildman–Crippen MR) is 112 cm³/mol. The highest BCUT2D eigenvalue weighted by Gasteiger charge is 2.33. The second-order valence-electron chi connectivity index (χ2n) is 6.70. The third-order valence-corrected chi connectivity index (χ3v) is 4.64. The van der Waals surface area contributed by atoms with Crippen LogP contribution < -0.4 is 0 Å². The molecule has 0 aromatic heterocycles. The maximum absolute atomic E-state index is 11.8. The number of carbonyl (C=O) groups is 2. The van der Waals surface area contributed by atoms with Crippen molar-refractivity contribution >= 4 is 34.8 Å². The van der Waals surface area contributed by atoms with Gasteiger partial charge >= 0.3 is 11.9 Å². The number of aliphatic carboxylic acids is 2. The van der Waals surface area contributed by atoms with Gasteiger partial charge in [0.25, 0.3) is 0 Å². The van der Waals surface area contributed by atoms with Gasteiger partial charge in [-0.2, -0.15) is 0 Å². The first-order chi connectivity index (χ1) is 14.5. The molecule has 144 valence electrons. The van der Waals surface area contributed by atoms with Gasteiger partial charge in [0.2, 0.25) is 0 Å². The summed E-state index contributed by atoms with van der Waals surface area (Å²) >= 11 is 0. The van der Waals surface area contributed by atoms with Crippen LogP contribution in [0.2, 0.25) is 0 Å². The quantitative estimate of drug-likeness (QED) is 0.744. The van der Waals surface area contributed by atoms with Gasteiger partial charge in [-0.05, 0) is 60.8 Å². The summed E-state index contributed by atoms with van der Waals surface area (Å²) in [6.45, 7) is 0. The van der Waals surface area contributed by atoms with Gasteiger partial charge in [0.1, 0.15) is 11.1 Å². The lowest BCUT2D eigenvalue weighted by Crippen LogP contribution is -2.14. The molecule has 0 spiro atoms. The molecule has 5 heterocycles. The van der Waals surface area contributed by atoms with Crippen molar-refractivity contribution in [1.82, 2.24) is 0 Å².